The summed E-state index contributed by atoms with van der Waals surface area (Å²) in [6.07, 6.45) is 1.41. The third kappa shape index (κ3) is 1.69. The highest BCUT2D eigenvalue weighted by Gasteiger charge is 2.06. The van der Waals surface area contributed by atoms with Crippen LogP contribution in [-0.2, 0) is 0 Å². The van der Waals surface area contributed by atoms with Crippen molar-refractivity contribution in [3.63, 3.8) is 0 Å². The smallest absolute Gasteiger partial charge is 0.213 e. The maximum atomic E-state index is 12.8. The third-order valence-electron chi connectivity index (χ3n) is 1.61. The van der Waals surface area contributed by atoms with E-state index in [1.807, 2.05) is 0 Å². The first-order valence-electron chi connectivity index (χ1n) is 3.93. The summed E-state index contributed by atoms with van der Waals surface area (Å²) in [6, 6.07) is 3.03. The summed E-state index contributed by atoms with van der Waals surface area (Å²) in [5.74, 6) is -0.510. The molecule has 0 atom stereocenters. The molecule has 2 aromatic rings. The molecule has 1 N–H and O–H groups in total. The molecular weight excluding hydrogens is 203 g/mol. The Morgan fingerprint density at radius 2 is 2.29 bits per heavy atom. The maximum Gasteiger partial charge on any atom is 0.213 e. The van der Waals surface area contributed by atoms with Crippen molar-refractivity contribution >= 4 is 16.5 Å². The molecule has 2 aromatic heterocycles. The zero-order valence-electron chi connectivity index (χ0n) is 7.36. The Hall–Kier alpha value is -1.56. The molecule has 0 aliphatic carbocycles. The molecule has 0 radical (unpaired) electrons. The second-order valence-electron chi connectivity index (χ2n) is 2.53. The number of aromatic nitrogens is 3. The van der Waals surface area contributed by atoms with E-state index in [1.165, 1.54) is 23.6 Å². The van der Waals surface area contributed by atoms with Gasteiger partial charge in [0.1, 0.15) is 5.01 Å². The van der Waals surface area contributed by atoms with Gasteiger partial charge in [-0.3, -0.25) is 0 Å². The van der Waals surface area contributed by atoms with E-state index < -0.39 is 5.95 Å². The summed E-state index contributed by atoms with van der Waals surface area (Å²) in [7, 11) is 1.76. The van der Waals surface area contributed by atoms with Gasteiger partial charge in [-0.1, -0.05) is 11.3 Å². The van der Waals surface area contributed by atoms with Crippen LogP contribution in [0.1, 0.15) is 0 Å². The van der Waals surface area contributed by atoms with Gasteiger partial charge in [0.2, 0.25) is 11.1 Å². The molecule has 2 heterocycles. The molecule has 0 saturated carbocycles. The molecule has 0 bridgehead atoms. The number of halogens is 1. The fourth-order valence-corrected chi connectivity index (χ4v) is 1.67. The second-order valence-corrected chi connectivity index (χ2v) is 3.51. The van der Waals surface area contributed by atoms with E-state index in [0.717, 1.165) is 0 Å². The minimum Gasteiger partial charge on any atom is -0.363 e. The van der Waals surface area contributed by atoms with E-state index in [4.69, 9.17) is 0 Å². The topological polar surface area (TPSA) is 50.7 Å². The Morgan fingerprint density at radius 1 is 1.43 bits per heavy atom. The van der Waals surface area contributed by atoms with Crippen LogP contribution in [0.2, 0.25) is 0 Å². The van der Waals surface area contributed by atoms with E-state index in [9.17, 15) is 4.39 Å². The summed E-state index contributed by atoms with van der Waals surface area (Å²) in [5.41, 5.74) is 0.691. The molecule has 0 aliphatic rings. The van der Waals surface area contributed by atoms with Crippen molar-refractivity contribution in [1.82, 2.24) is 15.2 Å². The van der Waals surface area contributed by atoms with E-state index in [2.05, 4.69) is 20.5 Å². The Bertz CT molecular complexity index is 442. The number of hydrogen-bond donors (Lipinski definition) is 1. The van der Waals surface area contributed by atoms with Crippen molar-refractivity contribution in [3.05, 3.63) is 24.3 Å². The predicted octanol–water partition coefficient (Wildman–Crippen LogP) is 1.78. The highest BCUT2D eigenvalue weighted by molar-refractivity contribution is 7.18. The van der Waals surface area contributed by atoms with E-state index in [1.54, 1.807) is 13.1 Å². The number of nitrogens with zero attached hydrogens (tertiary/aromatic N) is 3. The molecule has 0 saturated heterocycles. The van der Waals surface area contributed by atoms with Gasteiger partial charge in [-0.15, -0.1) is 10.2 Å². The van der Waals surface area contributed by atoms with Crippen LogP contribution < -0.4 is 5.32 Å². The predicted molar refractivity (Wildman–Crippen MR) is 52.6 cm³/mol. The van der Waals surface area contributed by atoms with Crippen LogP contribution in [0, 0.1) is 5.95 Å². The number of hydrogen-bond acceptors (Lipinski definition) is 5. The highest BCUT2D eigenvalue weighted by atomic mass is 32.1. The zero-order chi connectivity index (χ0) is 9.97. The SMILES string of the molecule is CNc1nnc(-c2ccnc(F)c2)s1. The van der Waals surface area contributed by atoms with Crippen LogP contribution in [0.15, 0.2) is 18.3 Å². The summed E-state index contributed by atoms with van der Waals surface area (Å²) < 4.78 is 12.8. The Morgan fingerprint density at radius 3 is 2.93 bits per heavy atom. The average Bonchev–Trinajstić information content (AvgIpc) is 2.66. The first-order chi connectivity index (χ1) is 6.79. The van der Waals surface area contributed by atoms with Gasteiger partial charge >= 0.3 is 0 Å². The van der Waals surface area contributed by atoms with Gasteiger partial charge in [0.25, 0.3) is 0 Å². The maximum absolute atomic E-state index is 12.8. The van der Waals surface area contributed by atoms with Gasteiger partial charge in [-0.25, -0.2) is 4.98 Å². The van der Waals surface area contributed by atoms with Gasteiger partial charge in [-0.2, -0.15) is 4.39 Å². The van der Waals surface area contributed by atoms with Gasteiger partial charge in [-0.05, 0) is 6.07 Å². The van der Waals surface area contributed by atoms with Crippen molar-refractivity contribution < 1.29 is 4.39 Å². The quantitative estimate of drug-likeness (QED) is 0.768. The Kier molecular flexibility index (Phi) is 2.36. The fourth-order valence-electron chi connectivity index (χ4n) is 0.976. The van der Waals surface area contributed by atoms with Gasteiger partial charge < -0.3 is 5.32 Å². The Labute approximate surface area is 83.8 Å². The van der Waals surface area contributed by atoms with Crippen LogP contribution in [0.4, 0.5) is 9.52 Å². The summed E-state index contributed by atoms with van der Waals surface area (Å²) >= 11 is 1.37. The van der Waals surface area contributed by atoms with Crippen molar-refractivity contribution in [2.75, 3.05) is 12.4 Å². The number of rotatable bonds is 2. The molecule has 0 amide bonds. The highest BCUT2D eigenvalue weighted by Crippen LogP contribution is 2.25. The summed E-state index contributed by atoms with van der Waals surface area (Å²) in [4.78, 5) is 3.47. The van der Waals surface area contributed by atoms with Gasteiger partial charge in [0.05, 0.1) is 0 Å². The normalized spacial score (nSPS) is 10.1. The van der Waals surface area contributed by atoms with E-state index in [0.29, 0.717) is 15.7 Å². The van der Waals surface area contributed by atoms with Crippen molar-refractivity contribution in [1.29, 1.82) is 0 Å². The lowest BCUT2D eigenvalue weighted by molar-refractivity contribution is 0.584. The zero-order valence-corrected chi connectivity index (χ0v) is 8.18. The number of nitrogens with one attached hydrogen (secondary N) is 1. The minimum absolute atomic E-state index is 0.510. The molecule has 72 valence electrons. The molecule has 0 aromatic carbocycles. The average molecular weight is 210 g/mol. The van der Waals surface area contributed by atoms with Crippen molar-refractivity contribution in [2.45, 2.75) is 0 Å². The Balaban J connectivity index is 2.39. The van der Waals surface area contributed by atoms with Crippen molar-refractivity contribution in [3.8, 4) is 10.6 Å². The molecule has 6 heteroatoms. The first-order valence-corrected chi connectivity index (χ1v) is 4.74. The first kappa shape index (κ1) is 9.01. The van der Waals surface area contributed by atoms with E-state index in [-0.39, 0.29) is 0 Å². The third-order valence-corrected chi connectivity index (χ3v) is 2.60. The molecule has 14 heavy (non-hydrogen) atoms. The fraction of sp³-hybridized carbons (Fsp3) is 0.125. The van der Waals surface area contributed by atoms with Crippen LogP contribution >= 0.6 is 11.3 Å². The van der Waals surface area contributed by atoms with Gasteiger partial charge in [0, 0.05) is 24.9 Å². The molecule has 2 rings (SSSR count). The largest absolute Gasteiger partial charge is 0.363 e. The van der Waals surface area contributed by atoms with Crippen molar-refractivity contribution in [2.24, 2.45) is 0 Å². The van der Waals surface area contributed by atoms with Crippen LogP contribution in [0.25, 0.3) is 10.6 Å². The number of anilines is 1. The monoisotopic (exact) mass is 210 g/mol. The molecule has 4 nitrogen and oxygen atoms in total. The lowest BCUT2D eigenvalue weighted by Gasteiger charge is -1.93. The molecular formula is C8H7FN4S. The lowest BCUT2D eigenvalue weighted by Crippen LogP contribution is -1.84. The van der Waals surface area contributed by atoms with E-state index >= 15 is 0 Å². The summed E-state index contributed by atoms with van der Waals surface area (Å²) in [5, 5.41) is 12.0. The lowest BCUT2D eigenvalue weighted by atomic mass is 10.3. The van der Waals surface area contributed by atoms with Gasteiger partial charge in [0.15, 0.2) is 0 Å². The standard InChI is InChI=1S/C8H7FN4S/c1-10-8-13-12-7(14-8)5-2-3-11-6(9)4-5/h2-4H,1H3,(H,10,13). The molecule has 0 unspecified atom stereocenters. The number of pyridine rings is 1. The van der Waals surface area contributed by atoms with Crippen LogP contribution in [0.3, 0.4) is 0 Å². The second kappa shape index (κ2) is 3.67. The molecule has 0 fully saturated rings. The molecule has 0 spiro atoms. The van der Waals surface area contributed by atoms with Crippen LogP contribution in [0.5, 0.6) is 0 Å². The van der Waals surface area contributed by atoms with Crippen LogP contribution in [-0.4, -0.2) is 22.2 Å². The summed E-state index contributed by atoms with van der Waals surface area (Å²) in [6.45, 7) is 0. The molecule has 0 aliphatic heterocycles. The minimum atomic E-state index is -0.510.